The number of aromatic nitrogens is 1. The van der Waals surface area contributed by atoms with Gasteiger partial charge in [0.05, 0.1) is 0 Å². The van der Waals surface area contributed by atoms with Crippen LogP contribution in [0.1, 0.15) is 11.1 Å². The molecule has 5 heteroatoms. The summed E-state index contributed by atoms with van der Waals surface area (Å²) in [7, 11) is 0. The number of ketones is 1. The molecule has 0 radical (unpaired) electrons. The molecule has 1 aromatic carbocycles. The van der Waals surface area contributed by atoms with Crippen LogP contribution in [0.4, 0.5) is 10.2 Å². The molecular formula is C14H12ClFN2O. The summed E-state index contributed by atoms with van der Waals surface area (Å²) in [6, 6.07) is 7.70. The van der Waals surface area contributed by atoms with Crippen LogP contribution in [0.3, 0.4) is 0 Å². The second-order valence-corrected chi connectivity index (χ2v) is 4.59. The number of nitrogens with two attached hydrogens (primary N) is 1. The number of halogens is 2. The second kappa shape index (κ2) is 5.80. The van der Waals surface area contributed by atoms with E-state index < -0.39 is 5.82 Å². The van der Waals surface area contributed by atoms with Crippen molar-refractivity contribution in [3.63, 3.8) is 0 Å². The first-order chi connectivity index (χ1) is 9.06. The van der Waals surface area contributed by atoms with E-state index in [0.29, 0.717) is 5.82 Å². The van der Waals surface area contributed by atoms with E-state index in [-0.39, 0.29) is 29.2 Å². The Morgan fingerprint density at radius 2 is 2.11 bits per heavy atom. The summed E-state index contributed by atoms with van der Waals surface area (Å²) in [5.74, 6) is -0.234. The molecule has 2 N–H and O–H groups in total. The van der Waals surface area contributed by atoms with Crippen LogP contribution in [-0.4, -0.2) is 10.8 Å². The minimum absolute atomic E-state index is 0.0340. The summed E-state index contributed by atoms with van der Waals surface area (Å²) in [6.07, 6.45) is 1.68. The summed E-state index contributed by atoms with van der Waals surface area (Å²) in [4.78, 5) is 15.8. The Labute approximate surface area is 115 Å². The zero-order valence-corrected chi connectivity index (χ0v) is 10.8. The van der Waals surface area contributed by atoms with Crippen molar-refractivity contribution in [3.8, 4) is 0 Å². The van der Waals surface area contributed by atoms with Gasteiger partial charge in [0, 0.05) is 29.6 Å². The minimum atomic E-state index is -0.463. The van der Waals surface area contributed by atoms with Crippen LogP contribution in [0.25, 0.3) is 0 Å². The van der Waals surface area contributed by atoms with Gasteiger partial charge in [-0.05, 0) is 29.8 Å². The van der Waals surface area contributed by atoms with Crippen LogP contribution in [0.15, 0.2) is 36.5 Å². The van der Waals surface area contributed by atoms with Crippen molar-refractivity contribution in [2.75, 3.05) is 5.73 Å². The number of anilines is 1. The Hall–Kier alpha value is -1.94. The fourth-order valence-electron chi connectivity index (χ4n) is 1.79. The van der Waals surface area contributed by atoms with Crippen LogP contribution in [-0.2, 0) is 17.6 Å². The first-order valence-electron chi connectivity index (χ1n) is 5.71. The van der Waals surface area contributed by atoms with Crippen molar-refractivity contribution < 1.29 is 9.18 Å². The van der Waals surface area contributed by atoms with Crippen LogP contribution in [0, 0.1) is 5.82 Å². The molecule has 0 unspecified atom stereocenters. The molecule has 0 saturated heterocycles. The molecule has 0 atom stereocenters. The van der Waals surface area contributed by atoms with Crippen molar-refractivity contribution in [1.29, 1.82) is 0 Å². The molecule has 3 nitrogen and oxygen atoms in total. The molecule has 0 aliphatic rings. The highest BCUT2D eigenvalue weighted by Crippen LogP contribution is 2.20. The van der Waals surface area contributed by atoms with Gasteiger partial charge in [-0.3, -0.25) is 4.79 Å². The maximum absolute atomic E-state index is 13.5. The zero-order valence-electron chi connectivity index (χ0n) is 10.1. The van der Waals surface area contributed by atoms with E-state index >= 15 is 0 Å². The molecule has 0 spiro atoms. The number of hydrogen-bond donors (Lipinski definition) is 1. The van der Waals surface area contributed by atoms with Crippen LogP contribution in [0.2, 0.25) is 5.02 Å². The number of carbonyl (C=O) groups excluding carboxylic acids is 1. The van der Waals surface area contributed by atoms with E-state index in [1.807, 2.05) is 0 Å². The van der Waals surface area contributed by atoms with Gasteiger partial charge in [-0.15, -0.1) is 0 Å². The van der Waals surface area contributed by atoms with Gasteiger partial charge in [0.15, 0.2) is 0 Å². The summed E-state index contributed by atoms with van der Waals surface area (Å²) in [5.41, 5.74) is 6.52. The van der Waals surface area contributed by atoms with Gasteiger partial charge in [0.25, 0.3) is 0 Å². The summed E-state index contributed by atoms with van der Waals surface area (Å²) in [6.45, 7) is 0. The van der Waals surface area contributed by atoms with Gasteiger partial charge in [-0.25, -0.2) is 9.37 Å². The lowest BCUT2D eigenvalue weighted by molar-refractivity contribution is -0.117. The molecule has 98 valence electrons. The first-order valence-corrected chi connectivity index (χ1v) is 6.09. The molecule has 0 amide bonds. The van der Waals surface area contributed by atoms with Gasteiger partial charge in [0.2, 0.25) is 0 Å². The van der Waals surface area contributed by atoms with Crippen molar-refractivity contribution in [3.05, 3.63) is 58.5 Å². The maximum Gasteiger partial charge on any atom is 0.141 e. The molecule has 19 heavy (non-hydrogen) atoms. The Bertz CT molecular complexity index is 596. The Kier molecular flexibility index (Phi) is 4.12. The monoisotopic (exact) mass is 278 g/mol. The standard InChI is InChI=1S/C14H12ClFN2O/c15-12-2-1-3-13(16)11(12)8-10(19)6-9-4-5-18-14(17)7-9/h1-5,7H,6,8H2,(H2,17,18). The van der Waals surface area contributed by atoms with Crippen molar-refractivity contribution >= 4 is 23.2 Å². The SMILES string of the molecule is Nc1cc(CC(=O)Cc2c(F)cccc2Cl)ccn1. The molecule has 0 fully saturated rings. The molecule has 0 bridgehead atoms. The summed E-state index contributed by atoms with van der Waals surface area (Å²) < 4.78 is 13.5. The molecule has 2 rings (SSSR count). The number of carbonyl (C=O) groups is 1. The molecule has 0 saturated carbocycles. The van der Waals surface area contributed by atoms with E-state index in [1.54, 1.807) is 18.2 Å². The largest absolute Gasteiger partial charge is 0.384 e. The number of hydrogen-bond acceptors (Lipinski definition) is 3. The zero-order chi connectivity index (χ0) is 13.8. The predicted molar refractivity (Wildman–Crippen MR) is 72.5 cm³/mol. The fourth-order valence-corrected chi connectivity index (χ4v) is 2.02. The Morgan fingerprint density at radius 1 is 1.32 bits per heavy atom. The highest BCUT2D eigenvalue weighted by atomic mass is 35.5. The van der Waals surface area contributed by atoms with Crippen LogP contribution >= 0.6 is 11.6 Å². The second-order valence-electron chi connectivity index (χ2n) is 4.18. The van der Waals surface area contributed by atoms with Gasteiger partial charge in [0.1, 0.15) is 17.4 Å². The molecular weight excluding hydrogens is 267 g/mol. The number of nitrogen functional groups attached to an aromatic ring is 1. The maximum atomic E-state index is 13.5. The van der Waals surface area contributed by atoms with E-state index in [4.69, 9.17) is 17.3 Å². The minimum Gasteiger partial charge on any atom is -0.384 e. The van der Waals surface area contributed by atoms with Crippen molar-refractivity contribution in [1.82, 2.24) is 4.98 Å². The fraction of sp³-hybridized carbons (Fsp3) is 0.143. The average Bonchev–Trinajstić information content (AvgIpc) is 2.34. The van der Waals surface area contributed by atoms with Gasteiger partial charge in [-0.2, -0.15) is 0 Å². The number of benzene rings is 1. The van der Waals surface area contributed by atoms with E-state index in [1.165, 1.54) is 18.3 Å². The molecule has 1 heterocycles. The average molecular weight is 279 g/mol. The lowest BCUT2D eigenvalue weighted by Crippen LogP contribution is -2.09. The molecule has 2 aromatic rings. The van der Waals surface area contributed by atoms with E-state index in [2.05, 4.69) is 4.98 Å². The smallest absolute Gasteiger partial charge is 0.141 e. The highest BCUT2D eigenvalue weighted by Gasteiger charge is 2.12. The number of Topliss-reactive ketones (excluding diaryl/α,β-unsaturated/α-hetero) is 1. The third kappa shape index (κ3) is 3.51. The topological polar surface area (TPSA) is 56.0 Å². The summed E-state index contributed by atoms with van der Waals surface area (Å²) >= 11 is 5.88. The lowest BCUT2D eigenvalue weighted by atomic mass is 10.0. The number of nitrogens with zero attached hydrogens (tertiary/aromatic N) is 1. The highest BCUT2D eigenvalue weighted by molar-refractivity contribution is 6.31. The van der Waals surface area contributed by atoms with Crippen molar-refractivity contribution in [2.45, 2.75) is 12.8 Å². The number of rotatable bonds is 4. The van der Waals surface area contributed by atoms with Crippen LogP contribution in [0.5, 0.6) is 0 Å². The number of pyridine rings is 1. The van der Waals surface area contributed by atoms with E-state index in [9.17, 15) is 9.18 Å². The summed E-state index contributed by atoms with van der Waals surface area (Å²) in [5, 5.41) is 0.266. The predicted octanol–water partition coefficient (Wildman–Crippen LogP) is 2.81. The quantitative estimate of drug-likeness (QED) is 0.936. The van der Waals surface area contributed by atoms with Gasteiger partial charge >= 0.3 is 0 Å². The van der Waals surface area contributed by atoms with Gasteiger partial charge < -0.3 is 5.73 Å². The first kappa shape index (κ1) is 13.5. The third-order valence-corrected chi connectivity index (χ3v) is 3.04. The Morgan fingerprint density at radius 3 is 2.79 bits per heavy atom. The molecule has 0 aliphatic carbocycles. The van der Waals surface area contributed by atoms with E-state index in [0.717, 1.165) is 5.56 Å². The third-order valence-electron chi connectivity index (χ3n) is 2.68. The van der Waals surface area contributed by atoms with Crippen molar-refractivity contribution in [2.24, 2.45) is 0 Å². The molecule has 0 aliphatic heterocycles. The van der Waals surface area contributed by atoms with Gasteiger partial charge in [-0.1, -0.05) is 17.7 Å². The molecule has 1 aromatic heterocycles. The van der Waals surface area contributed by atoms with Crippen LogP contribution < -0.4 is 5.73 Å². The lowest BCUT2D eigenvalue weighted by Gasteiger charge is -2.05. The normalized spacial score (nSPS) is 10.4. The Balaban J connectivity index is 2.10.